The van der Waals surface area contributed by atoms with E-state index in [9.17, 15) is 9.59 Å². The minimum atomic E-state index is -0.414. The van der Waals surface area contributed by atoms with Gasteiger partial charge in [0.05, 0.1) is 18.8 Å². The second-order valence-electron chi connectivity index (χ2n) is 8.05. The van der Waals surface area contributed by atoms with Crippen molar-refractivity contribution in [1.82, 2.24) is 0 Å². The zero-order valence-electron chi connectivity index (χ0n) is 18.9. The van der Waals surface area contributed by atoms with Crippen LogP contribution in [0.1, 0.15) is 63.8 Å². The minimum absolute atomic E-state index is 0.151. The number of amides is 1. The van der Waals surface area contributed by atoms with Crippen LogP contribution in [0.5, 0.6) is 11.5 Å². The number of hydrogen-bond acceptors (Lipinski definition) is 7. The molecule has 8 heteroatoms. The monoisotopic (exact) mass is 469 g/mol. The van der Waals surface area contributed by atoms with Crippen LogP contribution in [0.3, 0.4) is 0 Å². The van der Waals surface area contributed by atoms with Crippen LogP contribution in [-0.2, 0) is 24.2 Å². The third-order valence-electron chi connectivity index (χ3n) is 5.27. The zero-order chi connectivity index (χ0) is 23.4. The summed E-state index contributed by atoms with van der Waals surface area (Å²) in [5.41, 5.74) is 1.48. The Hall–Kier alpha value is -3.26. The summed E-state index contributed by atoms with van der Waals surface area (Å²) in [6.45, 7) is 3.81. The van der Waals surface area contributed by atoms with Gasteiger partial charge in [0.2, 0.25) is 0 Å². The van der Waals surface area contributed by atoms with Gasteiger partial charge in [0, 0.05) is 4.88 Å². The van der Waals surface area contributed by atoms with E-state index in [0.29, 0.717) is 22.1 Å². The number of rotatable bonds is 8. The predicted octanol–water partition coefficient (Wildman–Crippen LogP) is 5.63. The van der Waals surface area contributed by atoms with E-state index in [1.54, 1.807) is 43.5 Å². The molecule has 0 spiro atoms. The molecule has 1 N–H and O–H groups in total. The fourth-order valence-electron chi connectivity index (χ4n) is 3.71. The van der Waals surface area contributed by atoms with E-state index < -0.39 is 11.9 Å². The number of furan rings is 1. The van der Waals surface area contributed by atoms with Gasteiger partial charge >= 0.3 is 5.97 Å². The van der Waals surface area contributed by atoms with E-state index >= 15 is 0 Å². The van der Waals surface area contributed by atoms with Gasteiger partial charge in [-0.15, -0.1) is 11.3 Å². The summed E-state index contributed by atoms with van der Waals surface area (Å²) in [5.74, 6) is 1.26. The van der Waals surface area contributed by atoms with Crippen LogP contribution in [0.25, 0.3) is 0 Å². The Morgan fingerprint density at radius 2 is 1.79 bits per heavy atom. The molecule has 0 atom stereocenters. The highest BCUT2D eigenvalue weighted by Gasteiger charge is 2.28. The number of methoxy groups -OCH3 is 1. The fraction of sp³-hybridized carbons (Fsp3) is 0.360. The molecule has 174 valence electrons. The lowest BCUT2D eigenvalue weighted by atomic mass is 9.95. The van der Waals surface area contributed by atoms with Crippen LogP contribution in [-0.4, -0.2) is 25.1 Å². The van der Waals surface area contributed by atoms with Gasteiger partial charge in [0.15, 0.2) is 5.76 Å². The molecule has 33 heavy (non-hydrogen) atoms. The first-order chi connectivity index (χ1) is 15.9. The Balaban J connectivity index is 1.45. The largest absolute Gasteiger partial charge is 0.497 e. The van der Waals surface area contributed by atoms with Crippen molar-refractivity contribution in [2.24, 2.45) is 0 Å². The third kappa shape index (κ3) is 5.39. The first-order valence-electron chi connectivity index (χ1n) is 11.0. The second kappa shape index (κ2) is 10.1. The Bertz CT molecular complexity index is 1130. The summed E-state index contributed by atoms with van der Waals surface area (Å²) in [6.07, 6.45) is 3.59. The molecule has 7 nitrogen and oxygen atoms in total. The molecule has 0 saturated carbocycles. The number of ether oxygens (including phenoxy) is 3. The average molecular weight is 470 g/mol. The fourth-order valence-corrected chi connectivity index (χ4v) is 4.98. The highest BCUT2D eigenvalue weighted by molar-refractivity contribution is 7.17. The zero-order valence-corrected chi connectivity index (χ0v) is 19.8. The molecule has 0 bridgehead atoms. The van der Waals surface area contributed by atoms with Gasteiger partial charge in [-0.2, -0.15) is 0 Å². The summed E-state index contributed by atoms with van der Waals surface area (Å²) in [4.78, 5) is 26.8. The van der Waals surface area contributed by atoms with Crippen LogP contribution in [0.2, 0.25) is 0 Å². The number of aryl methyl sites for hydroxylation is 1. The SMILES string of the molecule is COc1ccc(OCc2ccc(C(=O)Nc3sc4c(c3C(=O)OC(C)C)CCCC4)o2)cc1. The van der Waals surface area contributed by atoms with Gasteiger partial charge in [-0.1, -0.05) is 0 Å². The molecule has 1 aliphatic carbocycles. The van der Waals surface area contributed by atoms with E-state index in [1.807, 2.05) is 13.8 Å². The molecule has 4 rings (SSSR count). The number of fused-ring (bicyclic) bond motifs is 1. The molecule has 0 unspecified atom stereocenters. The maximum Gasteiger partial charge on any atom is 0.341 e. The normalized spacial score (nSPS) is 12.8. The first-order valence-corrected chi connectivity index (χ1v) is 11.8. The molecule has 2 heterocycles. The molecule has 0 radical (unpaired) electrons. The van der Waals surface area contributed by atoms with Crippen molar-refractivity contribution in [3.05, 3.63) is 63.9 Å². The number of hydrogen-bond donors (Lipinski definition) is 1. The van der Waals surface area contributed by atoms with Crippen LogP contribution < -0.4 is 14.8 Å². The van der Waals surface area contributed by atoms with E-state index in [1.165, 1.54) is 11.3 Å². The Morgan fingerprint density at radius 1 is 1.06 bits per heavy atom. The molecular weight excluding hydrogens is 442 g/mol. The van der Waals surface area contributed by atoms with Gasteiger partial charge in [-0.3, -0.25) is 4.79 Å². The molecule has 0 saturated heterocycles. The lowest BCUT2D eigenvalue weighted by Gasteiger charge is -2.14. The predicted molar refractivity (Wildman–Crippen MR) is 125 cm³/mol. The first kappa shape index (κ1) is 22.9. The van der Waals surface area contributed by atoms with E-state index in [0.717, 1.165) is 41.9 Å². The van der Waals surface area contributed by atoms with Crippen LogP contribution in [0, 0.1) is 0 Å². The minimum Gasteiger partial charge on any atom is -0.497 e. The van der Waals surface area contributed by atoms with Crippen LogP contribution in [0.15, 0.2) is 40.8 Å². The molecule has 1 aliphatic rings. The number of esters is 1. The maximum absolute atomic E-state index is 12.9. The van der Waals surface area contributed by atoms with Crippen molar-refractivity contribution in [1.29, 1.82) is 0 Å². The van der Waals surface area contributed by atoms with Crippen molar-refractivity contribution in [2.45, 2.75) is 52.2 Å². The molecule has 1 amide bonds. The standard InChI is InChI=1S/C25H27NO6S/c1-15(2)31-25(28)22-19-6-4-5-7-21(19)33-24(22)26-23(27)20-13-12-18(32-20)14-30-17-10-8-16(29-3)9-11-17/h8-13,15H,4-7,14H2,1-3H3,(H,26,27). The molecule has 2 aromatic heterocycles. The molecule has 0 fully saturated rings. The highest BCUT2D eigenvalue weighted by Crippen LogP contribution is 2.39. The third-order valence-corrected chi connectivity index (χ3v) is 6.48. The molecule has 1 aromatic carbocycles. The summed E-state index contributed by atoms with van der Waals surface area (Å²) < 4.78 is 22.0. The van der Waals surface area contributed by atoms with Crippen LogP contribution in [0.4, 0.5) is 5.00 Å². The Kier molecular flexibility index (Phi) is 7.03. The van der Waals surface area contributed by atoms with Gasteiger partial charge in [-0.05, 0) is 81.5 Å². The topological polar surface area (TPSA) is 87.0 Å². The molecular formula is C25H27NO6S. The smallest absolute Gasteiger partial charge is 0.341 e. The number of benzene rings is 1. The van der Waals surface area contributed by atoms with Crippen LogP contribution >= 0.6 is 11.3 Å². The van der Waals surface area contributed by atoms with E-state index in [4.69, 9.17) is 18.6 Å². The summed E-state index contributed by atoms with van der Waals surface area (Å²) in [5, 5.41) is 3.39. The van der Waals surface area contributed by atoms with Crippen molar-refractivity contribution in [2.75, 3.05) is 12.4 Å². The van der Waals surface area contributed by atoms with Gasteiger partial charge < -0.3 is 23.9 Å². The molecule has 0 aliphatic heterocycles. The average Bonchev–Trinajstić information content (AvgIpc) is 3.42. The molecule has 3 aromatic rings. The summed E-state index contributed by atoms with van der Waals surface area (Å²) >= 11 is 1.45. The van der Waals surface area contributed by atoms with Crippen molar-refractivity contribution in [3.63, 3.8) is 0 Å². The number of carbonyl (C=O) groups excluding carboxylic acids is 2. The Morgan fingerprint density at radius 3 is 2.52 bits per heavy atom. The lowest BCUT2D eigenvalue weighted by Crippen LogP contribution is -2.17. The Labute approximate surface area is 196 Å². The highest BCUT2D eigenvalue weighted by atomic mass is 32.1. The maximum atomic E-state index is 12.9. The van der Waals surface area contributed by atoms with Gasteiger partial charge in [-0.25, -0.2) is 4.79 Å². The number of nitrogens with one attached hydrogen (secondary N) is 1. The van der Waals surface area contributed by atoms with Crippen molar-refractivity contribution < 1.29 is 28.2 Å². The second-order valence-corrected chi connectivity index (χ2v) is 9.16. The number of anilines is 1. The van der Waals surface area contributed by atoms with E-state index in [2.05, 4.69) is 5.32 Å². The lowest BCUT2D eigenvalue weighted by molar-refractivity contribution is 0.0378. The summed E-state index contributed by atoms with van der Waals surface area (Å²) in [6, 6.07) is 10.5. The van der Waals surface area contributed by atoms with Gasteiger partial charge in [0.25, 0.3) is 5.91 Å². The van der Waals surface area contributed by atoms with E-state index in [-0.39, 0.29) is 18.5 Å². The van der Waals surface area contributed by atoms with Crippen molar-refractivity contribution in [3.8, 4) is 11.5 Å². The quantitative estimate of drug-likeness (QED) is 0.431. The number of thiophene rings is 1. The number of carbonyl (C=O) groups is 2. The summed E-state index contributed by atoms with van der Waals surface area (Å²) in [7, 11) is 1.60. The van der Waals surface area contributed by atoms with Gasteiger partial charge in [0.1, 0.15) is 28.9 Å². The van der Waals surface area contributed by atoms with Crippen molar-refractivity contribution >= 4 is 28.2 Å².